The highest BCUT2D eigenvalue weighted by Crippen LogP contribution is 2.19. The molecule has 10 heteroatoms. The summed E-state index contributed by atoms with van der Waals surface area (Å²) >= 11 is 0. The van der Waals surface area contributed by atoms with E-state index in [1.807, 2.05) is 0 Å². The Morgan fingerprint density at radius 1 is 1.11 bits per heavy atom. The molecule has 6 nitrogen and oxygen atoms in total. The number of ether oxygens (including phenoxy) is 1. The molecule has 2 aromatic rings. The van der Waals surface area contributed by atoms with Gasteiger partial charge in [-0.25, -0.2) is 26.7 Å². The summed E-state index contributed by atoms with van der Waals surface area (Å²) in [5.41, 5.74) is -0.141. The highest BCUT2D eigenvalue weighted by Gasteiger charge is 2.20. The molecule has 146 valence electrons. The lowest BCUT2D eigenvalue weighted by molar-refractivity contribution is -0.128. The Morgan fingerprint density at radius 2 is 1.70 bits per heavy atom. The summed E-state index contributed by atoms with van der Waals surface area (Å²) < 4.78 is 62.9. The second-order valence-corrected chi connectivity index (χ2v) is 6.64. The fourth-order valence-electron chi connectivity index (χ4n) is 1.79. The zero-order valence-corrected chi connectivity index (χ0v) is 14.9. The van der Waals surface area contributed by atoms with Gasteiger partial charge >= 0.3 is 0 Å². The Hall–Kier alpha value is -2.72. The Bertz CT molecular complexity index is 902. The predicted octanol–water partition coefficient (Wildman–Crippen LogP) is 2.58. The van der Waals surface area contributed by atoms with Crippen LogP contribution < -0.4 is 9.88 Å². The first-order valence-electron chi connectivity index (χ1n) is 7.31. The molecule has 0 radical (unpaired) electrons. The number of primary sulfonamides is 1. The van der Waals surface area contributed by atoms with Crippen molar-refractivity contribution in [2.24, 2.45) is 5.14 Å². The van der Waals surface area contributed by atoms with Crippen molar-refractivity contribution in [3.63, 3.8) is 0 Å². The third kappa shape index (κ3) is 7.19. The first-order valence-corrected chi connectivity index (χ1v) is 8.86. The van der Waals surface area contributed by atoms with Crippen molar-refractivity contribution in [3.8, 4) is 5.75 Å². The molecule has 0 amide bonds. The number of methoxy groups -OCH3 is 1. The standard InChI is InChI=1S/C11H9F3O3.C6H7NO2S/c1-17-10-3-2-6(4-7(10)12)8(15)5-9(16)11(13)14;7-10(8,9)6-4-2-1-3-5-6/h2-4,11H,5H2,1H3;1-5H,(H2,7,8,9). The molecule has 27 heavy (non-hydrogen) atoms. The Balaban J connectivity index is 0.000000309. The van der Waals surface area contributed by atoms with Gasteiger partial charge in [0.25, 0.3) is 6.43 Å². The number of alkyl halides is 2. The van der Waals surface area contributed by atoms with Gasteiger partial charge in [-0.2, -0.15) is 0 Å². The van der Waals surface area contributed by atoms with Gasteiger partial charge in [-0.3, -0.25) is 9.59 Å². The molecule has 0 saturated heterocycles. The fourth-order valence-corrected chi connectivity index (χ4v) is 2.32. The number of hydrogen-bond donors (Lipinski definition) is 1. The number of benzene rings is 2. The summed E-state index contributed by atoms with van der Waals surface area (Å²) in [5, 5.41) is 4.83. The van der Waals surface area contributed by atoms with Crippen LogP contribution in [0.1, 0.15) is 16.8 Å². The summed E-state index contributed by atoms with van der Waals surface area (Å²) in [4.78, 5) is 22.1. The summed E-state index contributed by atoms with van der Waals surface area (Å²) in [7, 11) is -2.25. The highest BCUT2D eigenvalue weighted by atomic mass is 32.2. The van der Waals surface area contributed by atoms with E-state index in [2.05, 4.69) is 4.74 Å². The number of rotatable bonds is 6. The van der Waals surface area contributed by atoms with E-state index >= 15 is 0 Å². The summed E-state index contributed by atoms with van der Waals surface area (Å²) in [5.74, 6) is -3.19. The van der Waals surface area contributed by atoms with Crippen molar-refractivity contribution in [2.45, 2.75) is 17.7 Å². The summed E-state index contributed by atoms with van der Waals surface area (Å²) in [6.45, 7) is 0. The molecule has 0 fully saturated rings. The molecule has 0 spiro atoms. The predicted molar refractivity (Wildman–Crippen MR) is 90.7 cm³/mol. The number of ketones is 2. The van der Waals surface area contributed by atoms with Crippen molar-refractivity contribution in [1.29, 1.82) is 0 Å². The minimum absolute atomic E-state index is 0.0678. The highest BCUT2D eigenvalue weighted by molar-refractivity contribution is 7.89. The number of carbonyl (C=O) groups is 2. The molecule has 0 heterocycles. The van der Waals surface area contributed by atoms with E-state index in [1.165, 1.54) is 31.4 Å². The normalized spacial score (nSPS) is 10.7. The van der Waals surface area contributed by atoms with E-state index in [0.29, 0.717) is 0 Å². The van der Waals surface area contributed by atoms with E-state index in [0.717, 1.165) is 6.07 Å². The van der Waals surface area contributed by atoms with E-state index in [9.17, 15) is 31.2 Å². The van der Waals surface area contributed by atoms with Crippen LogP contribution in [0.15, 0.2) is 53.4 Å². The van der Waals surface area contributed by atoms with Crippen LogP contribution in [-0.2, 0) is 14.8 Å². The van der Waals surface area contributed by atoms with Crippen LogP contribution in [-0.4, -0.2) is 33.5 Å². The number of hydrogen-bond acceptors (Lipinski definition) is 5. The molecule has 2 aromatic carbocycles. The number of nitrogens with two attached hydrogens (primary N) is 1. The van der Waals surface area contributed by atoms with Gasteiger partial charge in [0.1, 0.15) is 0 Å². The van der Waals surface area contributed by atoms with Crippen molar-refractivity contribution >= 4 is 21.6 Å². The summed E-state index contributed by atoms with van der Waals surface area (Å²) in [6, 6.07) is 11.1. The average Bonchev–Trinajstić information content (AvgIpc) is 2.62. The monoisotopic (exact) mass is 403 g/mol. The lowest BCUT2D eigenvalue weighted by Crippen LogP contribution is -2.15. The minimum Gasteiger partial charge on any atom is -0.494 e. The first-order chi connectivity index (χ1) is 12.6. The number of sulfonamides is 1. The van der Waals surface area contributed by atoms with Gasteiger partial charge in [0, 0.05) is 5.56 Å². The van der Waals surface area contributed by atoms with Gasteiger partial charge in [0.05, 0.1) is 18.4 Å². The average molecular weight is 403 g/mol. The smallest absolute Gasteiger partial charge is 0.296 e. The van der Waals surface area contributed by atoms with Crippen molar-refractivity contribution in [2.75, 3.05) is 7.11 Å². The van der Waals surface area contributed by atoms with Crippen LogP contribution >= 0.6 is 0 Å². The van der Waals surface area contributed by atoms with Crippen molar-refractivity contribution in [3.05, 3.63) is 59.9 Å². The molecule has 0 aromatic heterocycles. The second kappa shape index (κ2) is 9.83. The molecule has 0 bridgehead atoms. The maximum absolute atomic E-state index is 13.2. The van der Waals surface area contributed by atoms with Crippen LogP contribution in [0.5, 0.6) is 5.75 Å². The van der Waals surface area contributed by atoms with Crippen LogP contribution in [0.25, 0.3) is 0 Å². The molecule has 0 saturated carbocycles. The Labute approximate surface area is 153 Å². The van der Waals surface area contributed by atoms with E-state index in [1.54, 1.807) is 18.2 Å². The zero-order valence-electron chi connectivity index (χ0n) is 14.1. The molecule has 0 unspecified atom stereocenters. The van der Waals surface area contributed by atoms with Crippen LogP contribution in [0.3, 0.4) is 0 Å². The van der Waals surface area contributed by atoms with Crippen LogP contribution in [0.4, 0.5) is 13.2 Å². The van der Waals surface area contributed by atoms with Gasteiger partial charge in [0.2, 0.25) is 15.8 Å². The topological polar surface area (TPSA) is 104 Å². The maximum Gasteiger partial charge on any atom is 0.296 e. The van der Waals surface area contributed by atoms with Crippen LogP contribution in [0, 0.1) is 5.82 Å². The van der Waals surface area contributed by atoms with Crippen molar-refractivity contribution in [1.82, 2.24) is 0 Å². The fraction of sp³-hybridized carbons (Fsp3) is 0.176. The van der Waals surface area contributed by atoms with Crippen molar-refractivity contribution < 1.29 is 35.9 Å². The third-order valence-electron chi connectivity index (χ3n) is 3.12. The third-order valence-corrected chi connectivity index (χ3v) is 4.05. The first kappa shape index (κ1) is 22.3. The molecular formula is C17H16F3NO5S. The van der Waals surface area contributed by atoms with Gasteiger partial charge in [-0.05, 0) is 30.3 Å². The van der Waals surface area contributed by atoms with E-state index < -0.39 is 40.3 Å². The quantitative estimate of drug-likeness (QED) is 0.590. The zero-order chi connectivity index (χ0) is 20.6. The molecular weight excluding hydrogens is 387 g/mol. The maximum atomic E-state index is 13.2. The second-order valence-electron chi connectivity index (χ2n) is 5.07. The number of halogens is 3. The van der Waals surface area contributed by atoms with Crippen LogP contribution in [0.2, 0.25) is 0 Å². The van der Waals surface area contributed by atoms with Gasteiger partial charge in [-0.15, -0.1) is 0 Å². The molecule has 0 atom stereocenters. The number of carbonyl (C=O) groups excluding carboxylic acids is 2. The van der Waals surface area contributed by atoms with Gasteiger partial charge in [0.15, 0.2) is 17.3 Å². The lowest BCUT2D eigenvalue weighted by Gasteiger charge is -2.04. The van der Waals surface area contributed by atoms with Gasteiger partial charge < -0.3 is 4.74 Å². The molecule has 2 N–H and O–H groups in total. The summed E-state index contributed by atoms with van der Waals surface area (Å²) in [6.07, 6.45) is -4.13. The minimum atomic E-state index is -3.50. The SMILES string of the molecule is COc1ccc(C(=O)CC(=O)C(F)F)cc1F.NS(=O)(=O)c1ccccc1. The molecule has 0 aliphatic rings. The van der Waals surface area contributed by atoms with E-state index in [4.69, 9.17) is 5.14 Å². The molecule has 0 aliphatic carbocycles. The van der Waals surface area contributed by atoms with Gasteiger partial charge in [-0.1, -0.05) is 18.2 Å². The molecule has 2 rings (SSSR count). The number of Topliss-reactive ketones (excluding diaryl/α,β-unsaturated/α-hetero) is 2. The lowest BCUT2D eigenvalue weighted by atomic mass is 10.1. The van der Waals surface area contributed by atoms with E-state index in [-0.39, 0.29) is 16.2 Å². The molecule has 0 aliphatic heterocycles. The Kier molecular flexibility index (Phi) is 8.13. The largest absolute Gasteiger partial charge is 0.494 e. The Morgan fingerprint density at radius 3 is 2.11 bits per heavy atom.